The van der Waals surface area contributed by atoms with Crippen molar-refractivity contribution in [1.29, 1.82) is 0 Å². The van der Waals surface area contributed by atoms with Gasteiger partial charge < -0.3 is 10.1 Å². The van der Waals surface area contributed by atoms with Gasteiger partial charge in [-0.3, -0.25) is 0 Å². The second kappa shape index (κ2) is 7.59. The smallest absolute Gasteiger partial charge is 0.119 e. The summed E-state index contributed by atoms with van der Waals surface area (Å²) in [6.45, 7) is 6.01. The Balaban J connectivity index is 1.76. The van der Waals surface area contributed by atoms with Gasteiger partial charge in [0.25, 0.3) is 0 Å². The van der Waals surface area contributed by atoms with E-state index >= 15 is 0 Å². The van der Waals surface area contributed by atoms with Gasteiger partial charge in [0.15, 0.2) is 0 Å². The van der Waals surface area contributed by atoms with Gasteiger partial charge in [0, 0.05) is 12.2 Å². The van der Waals surface area contributed by atoms with Gasteiger partial charge in [0.2, 0.25) is 0 Å². The molecule has 2 heteroatoms. The van der Waals surface area contributed by atoms with E-state index < -0.39 is 0 Å². The summed E-state index contributed by atoms with van der Waals surface area (Å²) >= 11 is 0. The summed E-state index contributed by atoms with van der Waals surface area (Å²) in [7, 11) is 0. The van der Waals surface area contributed by atoms with E-state index in [4.69, 9.17) is 4.74 Å². The van der Waals surface area contributed by atoms with Crippen LogP contribution in [0.5, 0.6) is 5.75 Å². The Morgan fingerprint density at radius 3 is 2.30 bits per heavy atom. The molecule has 20 heavy (non-hydrogen) atoms. The standard InChI is InChI=1S/C18H23NO/c1-15(2)14-20-18-10-8-17(9-11-18)19-13-12-16-6-4-3-5-7-16/h3-11,15,19H,12-14H2,1-2H3. The zero-order valence-corrected chi connectivity index (χ0v) is 12.3. The molecule has 0 amide bonds. The second-order valence-corrected chi connectivity index (χ2v) is 5.39. The van der Waals surface area contributed by atoms with Crippen LogP contribution >= 0.6 is 0 Å². The van der Waals surface area contributed by atoms with Crippen molar-refractivity contribution < 1.29 is 4.74 Å². The first-order valence-electron chi connectivity index (χ1n) is 7.24. The van der Waals surface area contributed by atoms with Crippen LogP contribution in [0.25, 0.3) is 0 Å². The Kier molecular flexibility index (Phi) is 5.48. The predicted octanol–water partition coefficient (Wildman–Crippen LogP) is 4.38. The third-order valence-electron chi connectivity index (χ3n) is 3.02. The number of nitrogens with one attached hydrogen (secondary N) is 1. The molecule has 0 fully saturated rings. The lowest BCUT2D eigenvalue weighted by atomic mass is 10.1. The van der Waals surface area contributed by atoms with Gasteiger partial charge in [-0.25, -0.2) is 0 Å². The summed E-state index contributed by atoms with van der Waals surface area (Å²) in [6, 6.07) is 18.7. The maximum Gasteiger partial charge on any atom is 0.119 e. The van der Waals surface area contributed by atoms with E-state index in [1.807, 2.05) is 18.2 Å². The summed E-state index contributed by atoms with van der Waals surface area (Å²) in [5.41, 5.74) is 2.50. The first kappa shape index (κ1) is 14.4. The predicted molar refractivity (Wildman–Crippen MR) is 85.4 cm³/mol. The highest BCUT2D eigenvalue weighted by atomic mass is 16.5. The lowest BCUT2D eigenvalue weighted by Gasteiger charge is -2.10. The van der Waals surface area contributed by atoms with Crippen LogP contribution in [0.2, 0.25) is 0 Å². The zero-order chi connectivity index (χ0) is 14.2. The Hall–Kier alpha value is -1.96. The average molecular weight is 269 g/mol. The van der Waals surface area contributed by atoms with Crippen LogP contribution in [0.3, 0.4) is 0 Å². The maximum absolute atomic E-state index is 5.67. The monoisotopic (exact) mass is 269 g/mol. The van der Waals surface area contributed by atoms with Crippen molar-refractivity contribution in [1.82, 2.24) is 0 Å². The van der Waals surface area contributed by atoms with Crippen LogP contribution < -0.4 is 10.1 Å². The van der Waals surface area contributed by atoms with Crippen molar-refractivity contribution in [2.45, 2.75) is 20.3 Å². The molecule has 0 unspecified atom stereocenters. The third-order valence-corrected chi connectivity index (χ3v) is 3.02. The van der Waals surface area contributed by atoms with Crippen molar-refractivity contribution in [3.8, 4) is 5.75 Å². The highest BCUT2D eigenvalue weighted by Gasteiger charge is 1.98. The number of hydrogen-bond donors (Lipinski definition) is 1. The largest absolute Gasteiger partial charge is 0.493 e. The molecule has 1 N–H and O–H groups in total. The van der Waals surface area contributed by atoms with Crippen LogP contribution in [0, 0.1) is 5.92 Å². The molecule has 2 aromatic carbocycles. The van der Waals surface area contributed by atoms with Crippen molar-refractivity contribution in [2.24, 2.45) is 5.92 Å². The van der Waals surface area contributed by atoms with E-state index in [0.717, 1.165) is 31.0 Å². The van der Waals surface area contributed by atoms with Crippen LogP contribution in [0.15, 0.2) is 54.6 Å². The van der Waals surface area contributed by atoms with Gasteiger partial charge in [-0.15, -0.1) is 0 Å². The zero-order valence-electron chi connectivity index (χ0n) is 12.3. The van der Waals surface area contributed by atoms with E-state index in [9.17, 15) is 0 Å². The molecular weight excluding hydrogens is 246 g/mol. The molecule has 0 spiro atoms. The van der Waals surface area contributed by atoms with Crippen molar-refractivity contribution in [2.75, 3.05) is 18.5 Å². The molecule has 0 atom stereocenters. The Labute approximate surface area is 121 Å². The fraction of sp³-hybridized carbons (Fsp3) is 0.333. The van der Waals surface area contributed by atoms with Gasteiger partial charge in [0.05, 0.1) is 6.61 Å². The minimum Gasteiger partial charge on any atom is -0.493 e. The van der Waals surface area contributed by atoms with Gasteiger partial charge >= 0.3 is 0 Å². The molecular formula is C18H23NO. The Morgan fingerprint density at radius 1 is 0.950 bits per heavy atom. The highest BCUT2D eigenvalue weighted by Crippen LogP contribution is 2.16. The first-order valence-corrected chi connectivity index (χ1v) is 7.24. The maximum atomic E-state index is 5.67. The lowest BCUT2D eigenvalue weighted by molar-refractivity contribution is 0.271. The highest BCUT2D eigenvalue weighted by molar-refractivity contribution is 5.46. The van der Waals surface area contributed by atoms with Crippen molar-refractivity contribution in [3.63, 3.8) is 0 Å². The third kappa shape index (κ3) is 4.96. The summed E-state index contributed by atoms with van der Waals surface area (Å²) in [6.07, 6.45) is 1.03. The average Bonchev–Trinajstić information content (AvgIpc) is 2.47. The summed E-state index contributed by atoms with van der Waals surface area (Å²) < 4.78 is 5.67. The molecule has 0 aliphatic rings. The molecule has 0 saturated heterocycles. The molecule has 0 aliphatic carbocycles. The van der Waals surface area contributed by atoms with Gasteiger partial charge in [-0.2, -0.15) is 0 Å². The van der Waals surface area contributed by atoms with E-state index in [2.05, 4.69) is 55.6 Å². The number of hydrogen-bond acceptors (Lipinski definition) is 2. The van der Waals surface area contributed by atoms with Gasteiger partial charge in [-0.1, -0.05) is 44.2 Å². The molecule has 0 heterocycles. The Morgan fingerprint density at radius 2 is 1.65 bits per heavy atom. The summed E-state index contributed by atoms with van der Waals surface area (Å²) in [5, 5.41) is 3.43. The topological polar surface area (TPSA) is 21.3 Å². The second-order valence-electron chi connectivity index (χ2n) is 5.39. The van der Waals surface area contributed by atoms with Crippen LogP contribution in [0.1, 0.15) is 19.4 Å². The fourth-order valence-corrected chi connectivity index (χ4v) is 1.93. The minimum absolute atomic E-state index is 0.554. The lowest BCUT2D eigenvalue weighted by Crippen LogP contribution is -2.06. The van der Waals surface area contributed by atoms with E-state index in [1.54, 1.807) is 0 Å². The molecule has 0 aromatic heterocycles. The summed E-state index contributed by atoms with van der Waals surface area (Å²) in [5.74, 6) is 1.49. The first-order chi connectivity index (χ1) is 9.74. The quantitative estimate of drug-likeness (QED) is 0.805. The van der Waals surface area contributed by atoms with Crippen LogP contribution in [-0.4, -0.2) is 13.2 Å². The molecule has 2 aromatic rings. The van der Waals surface area contributed by atoms with E-state index in [0.29, 0.717) is 5.92 Å². The van der Waals surface area contributed by atoms with Crippen LogP contribution in [0.4, 0.5) is 5.69 Å². The molecule has 0 radical (unpaired) electrons. The number of rotatable bonds is 7. The van der Waals surface area contributed by atoms with Gasteiger partial charge in [0.1, 0.15) is 5.75 Å². The summed E-state index contributed by atoms with van der Waals surface area (Å²) in [4.78, 5) is 0. The normalized spacial score (nSPS) is 10.6. The molecule has 2 nitrogen and oxygen atoms in total. The molecule has 0 bridgehead atoms. The SMILES string of the molecule is CC(C)COc1ccc(NCCc2ccccc2)cc1. The molecule has 0 saturated carbocycles. The number of benzene rings is 2. The van der Waals surface area contributed by atoms with E-state index in [-0.39, 0.29) is 0 Å². The van der Waals surface area contributed by atoms with E-state index in [1.165, 1.54) is 5.56 Å². The van der Waals surface area contributed by atoms with Crippen LogP contribution in [-0.2, 0) is 6.42 Å². The number of anilines is 1. The molecule has 106 valence electrons. The Bertz CT molecular complexity index is 491. The van der Waals surface area contributed by atoms with Crippen molar-refractivity contribution in [3.05, 3.63) is 60.2 Å². The van der Waals surface area contributed by atoms with Gasteiger partial charge in [-0.05, 0) is 42.2 Å². The van der Waals surface area contributed by atoms with Crippen molar-refractivity contribution >= 4 is 5.69 Å². The molecule has 0 aliphatic heterocycles. The fourth-order valence-electron chi connectivity index (χ4n) is 1.93. The number of ether oxygens (including phenoxy) is 1. The molecule has 2 rings (SSSR count). The minimum atomic E-state index is 0.554.